The summed E-state index contributed by atoms with van der Waals surface area (Å²) in [4.78, 5) is 32.9. The number of hydrogen-bond acceptors (Lipinski definition) is 4. The van der Waals surface area contributed by atoms with E-state index in [0.717, 1.165) is 0 Å². The van der Waals surface area contributed by atoms with Crippen LogP contribution in [0.2, 0.25) is 0 Å². The van der Waals surface area contributed by atoms with Crippen molar-refractivity contribution in [3.05, 3.63) is 39.9 Å². The maximum Gasteiger partial charge on any atom is 0.326 e. The molecule has 0 aliphatic heterocycles. The average Bonchev–Trinajstić information content (AvgIpc) is 2.37. The molecule has 0 unspecified atom stereocenters. The van der Waals surface area contributed by atoms with E-state index in [1.54, 1.807) is 6.92 Å². The van der Waals surface area contributed by atoms with Crippen LogP contribution in [-0.4, -0.2) is 27.9 Å². The van der Waals surface area contributed by atoms with Gasteiger partial charge in [-0.1, -0.05) is 25.5 Å². The second-order valence-corrected chi connectivity index (χ2v) is 3.93. The number of carboxylic acid groups (broad SMARTS) is 1. The molecule has 0 aliphatic rings. The highest BCUT2D eigenvalue weighted by Gasteiger charge is 2.24. The number of benzene rings is 1. The number of carboxylic acids is 1. The summed E-state index contributed by atoms with van der Waals surface area (Å²) in [5, 5.41) is 22.0. The Morgan fingerprint density at radius 1 is 1.42 bits per heavy atom. The third-order valence-corrected chi connectivity index (χ3v) is 2.53. The monoisotopic (exact) mass is 266 g/mol. The Kier molecular flexibility index (Phi) is 4.99. The molecule has 7 heteroatoms. The minimum Gasteiger partial charge on any atom is -0.480 e. The number of rotatable bonds is 6. The number of amides is 1. The first-order chi connectivity index (χ1) is 8.97. The summed E-state index contributed by atoms with van der Waals surface area (Å²) >= 11 is 0. The van der Waals surface area contributed by atoms with Gasteiger partial charge in [0.25, 0.3) is 11.6 Å². The van der Waals surface area contributed by atoms with Gasteiger partial charge < -0.3 is 10.4 Å². The molecule has 1 atom stereocenters. The van der Waals surface area contributed by atoms with Crippen LogP contribution in [0.1, 0.15) is 30.1 Å². The molecule has 0 heterocycles. The van der Waals surface area contributed by atoms with Crippen molar-refractivity contribution in [3.63, 3.8) is 0 Å². The van der Waals surface area contributed by atoms with Crippen LogP contribution in [0.4, 0.5) is 5.69 Å². The number of nitro groups is 1. The third kappa shape index (κ3) is 3.77. The van der Waals surface area contributed by atoms with E-state index >= 15 is 0 Å². The number of nitro benzene ring substituents is 1. The standard InChI is InChI=1S/C12H14N2O5/c1-2-5-9(12(16)17)13-11(15)8-6-3-4-7-10(8)14(18)19/h3-4,6-7,9H,2,5H2,1H3,(H,13,15)(H,16,17)/t9-/m0/s1. The van der Waals surface area contributed by atoms with Crippen molar-refractivity contribution in [1.29, 1.82) is 0 Å². The third-order valence-electron chi connectivity index (χ3n) is 2.53. The Morgan fingerprint density at radius 3 is 2.58 bits per heavy atom. The van der Waals surface area contributed by atoms with Crippen LogP contribution in [0.25, 0.3) is 0 Å². The molecule has 0 saturated heterocycles. The zero-order chi connectivity index (χ0) is 14.4. The quantitative estimate of drug-likeness (QED) is 0.600. The Bertz CT molecular complexity index is 501. The van der Waals surface area contributed by atoms with E-state index < -0.39 is 22.8 Å². The van der Waals surface area contributed by atoms with Gasteiger partial charge in [-0.15, -0.1) is 0 Å². The first kappa shape index (κ1) is 14.6. The van der Waals surface area contributed by atoms with Gasteiger partial charge in [-0.2, -0.15) is 0 Å². The number of aliphatic carboxylic acids is 1. The highest BCUT2D eigenvalue weighted by atomic mass is 16.6. The molecule has 1 amide bonds. The molecule has 2 N–H and O–H groups in total. The van der Waals surface area contributed by atoms with E-state index in [0.29, 0.717) is 6.42 Å². The molecular weight excluding hydrogens is 252 g/mol. The second-order valence-electron chi connectivity index (χ2n) is 3.93. The predicted octanol–water partition coefficient (Wildman–Crippen LogP) is 1.58. The summed E-state index contributed by atoms with van der Waals surface area (Å²) < 4.78 is 0. The number of para-hydroxylation sites is 1. The zero-order valence-electron chi connectivity index (χ0n) is 10.3. The lowest BCUT2D eigenvalue weighted by Crippen LogP contribution is -2.40. The van der Waals surface area contributed by atoms with Crippen LogP contribution < -0.4 is 5.32 Å². The van der Waals surface area contributed by atoms with Gasteiger partial charge >= 0.3 is 5.97 Å². The number of hydrogen-bond donors (Lipinski definition) is 2. The first-order valence-corrected chi connectivity index (χ1v) is 5.74. The van der Waals surface area contributed by atoms with Crippen molar-refractivity contribution in [2.24, 2.45) is 0 Å². The van der Waals surface area contributed by atoms with Gasteiger partial charge in [-0.05, 0) is 12.5 Å². The molecule has 19 heavy (non-hydrogen) atoms. The van der Waals surface area contributed by atoms with E-state index in [9.17, 15) is 19.7 Å². The highest BCUT2D eigenvalue weighted by Crippen LogP contribution is 2.17. The van der Waals surface area contributed by atoms with Crippen molar-refractivity contribution >= 4 is 17.6 Å². The predicted molar refractivity (Wildman–Crippen MR) is 66.9 cm³/mol. The average molecular weight is 266 g/mol. The van der Waals surface area contributed by atoms with Gasteiger partial charge in [0.2, 0.25) is 0 Å². The van der Waals surface area contributed by atoms with E-state index in [2.05, 4.69) is 5.32 Å². The molecule has 102 valence electrons. The van der Waals surface area contributed by atoms with Gasteiger partial charge in [-0.25, -0.2) is 4.79 Å². The minimum absolute atomic E-state index is 0.144. The van der Waals surface area contributed by atoms with Crippen molar-refractivity contribution in [2.45, 2.75) is 25.8 Å². The van der Waals surface area contributed by atoms with Crippen LogP contribution >= 0.6 is 0 Å². The van der Waals surface area contributed by atoms with Crippen molar-refractivity contribution in [1.82, 2.24) is 5.32 Å². The number of nitrogens with one attached hydrogen (secondary N) is 1. The van der Waals surface area contributed by atoms with Crippen LogP contribution in [-0.2, 0) is 4.79 Å². The molecular formula is C12H14N2O5. The summed E-state index contributed by atoms with van der Waals surface area (Å²) in [6, 6.07) is 4.37. The molecule has 0 radical (unpaired) electrons. The van der Waals surface area contributed by atoms with Crippen LogP contribution in [0.3, 0.4) is 0 Å². The number of nitrogens with zero attached hydrogens (tertiary/aromatic N) is 1. The molecule has 0 aliphatic carbocycles. The van der Waals surface area contributed by atoms with E-state index in [4.69, 9.17) is 5.11 Å². The minimum atomic E-state index is -1.16. The molecule has 7 nitrogen and oxygen atoms in total. The zero-order valence-corrected chi connectivity index (χ0v) is 10.3. The van der Waals surface area contributed by atoms with Crippen LogP contribution in [0.15, 0.2) is 24.3 Å². The summed E-state index contributed by atoms with van der Waals surface area (Å²) in [5.74, 6) is -1.91. The summed E-state index contributed by atoms with van der Waals surface area (Å²) in [7, 11) is 0. The molecule has 0 aromatic heterocycles. The Morgan fingerprint density at radius 2 is 2.05 bits per heavy atom. The van der Waals surface area contributed by atoms with Crippen molar-refractivity contribution in [3.8, 4) is 0 Å². The maximum atomic E-state index is 11.9. The van der Waals surface area contributed by atoms with E-state index in [1.165, 1.54) is 24.3 Å². The van der Waals surface area contributed by atoms with Gasteiger partial charge in [-0.3, -0.25) is 14.9 Å². The first-order valence-electron chi connectivity index (χ1n) is 5.74. The number of carbonyl (C=O) groups excluding carboxylic acids is 1. The summed E-state index contributed by atoms with van der Waals surface area (Å²) in [6.45, 7) is 1.78. The lowest BCUT2D eigenvalue weighted by atomic mass is 10.1. The fourth-order valence-electron chi connectivity index (χ4n) is 1.61. The fraction of sp³-hybridized carbons (Fsp3) is 0.333. The molecule has 1 aromatic carbocycles. The summed E-state index contributed by atoms with van der Waals surface area (Å²) in [6.07, 6.45) is 0.843. The van der Waals surface area contributed by atoms with Gasteiger partial charge in [0.15, 0.2) is 0 Å². The number of carbonyl (C=O) groups is 2. The lowest BCUT2D eigenvalue weighted by Gasteiger charge is -2.13. The van der Waals surface area contributed by atoms with Crippen LogP contribution in [0, 0.1) is 10.1 Å². The Labute approximate surface area is 109 Å². The van der Waals surface area contributed by atoms with Crippen molar-refractivity contribution in [2.75, 3.05) is 0 Å². The Balaban J connectivity index is 2.94. The topological polar surface area (TPSA) is 110 Å². The van der Waals surface area contributed by atoms with Crippen molar-refractivity contribution < 1.29 is 19.6 Å². The molecule has 1 rings (SSSR count). The normalized spacial score (nSPS) is 11.6. The molecule has 0 bridgehead atoms. The van der Waals surface area contributed by atoms with Gasteiger partial charge in [0.1, 0.15) is 11.6 Å². The van der Waals surface area contributed by atoms with Crippen LogP contribution in [0.5, 0.6) is 0 Å². The molecule has 0 fully saturated rings. The smallest absolute Gasteiger partial charge is 0.326 e. The molecule has 1 aromatic rings. The molecule has 0 spiro atoms. The largest absolute Gasteiger partial charge is 0.480 e. The molecule has 0 saturated carbocycles. The van der Waals surface area contributed by atoms with Gasteiger partial charge in [0.05, 0.1) is 4.92 Å². The van der Waals surface area contributed by atoms with Gasteiger partial charge in [0, 0.05) is 6.07 Å². The second kappa shape index (κ2) is 6.48. The summed E-state index contributed by atoms with van der Waals surface area (Å²) in [5.41, 5.74) is -0.490. The van der Waals surface area contributed by atoms with E-state index in [1.807, 2.05) is 0 Å². The fourth-order valence-corrected chi connectivity index (χ4v) is 1.61. The maximum absolute atomic E-state index is 11.9. The van der Waals surface area contributed by atoms with E-state index in [-0.39, 0.29) is 17.7 Å². The SMILES string of the molecule is CCC[C@H](NC(=O)c1ccccc1[N+](=O)[O-])C(=O)O. The lowest BCUT2D eigenvalue weighted by molar-refractivity contribution is -0.385. The Hall–Kier alpha value is -2.44. The highest BCUT2D eigenvalue weighted by molar-refractivity contribution is 5.99.